The Morgan fingerprint density at radius 1 is 1.53 bits per heavy atom. The molecule has 0 bridgehead atoms. The Labute approximate surface area is 86.3 Å². The molecule has 0 aliphatic heterocycles. The van der Waals surface area contributed by atoms with Crippen molar-refractivity contribution in [3.8, 4) is 6.07 Å². The molecule has 4 nitrogen and oxygen atoms in total. The maximum absolute atomic E-state index is 11.4. The normalized spacial score (nSPS) is 9.80. The van der Waals surface area contributed by atoms with Gasteiger partial charge in [-0.05, 0) is 18.2 Å². The Bertz CT molecular complexity index is 504. The van der Waals surface area contributed by atoms with Crippen molar-refractivity contribution in [2.45, 2.75) is 0 Å². The topological polar surface area (TPSA) is 54.5 Å². The molecule has 74 valence electrons. The highest BCUT2D eigenvalue weighted by atomic mass is 16.5. The number of ether oxygens (including phenoxy) is 1. The van der Waals surface area contributed by atoms with E-state index in [0.717, 1.165) is 5.52 Å². The summed E-state index contributed by atoms with van der Waals surface area (Å²) in [4.78, 5) is 11.4. The van der Waals surface area contributed by atoms with Gasteiger partial charge in [0.05, 0.1) is 5.56 Å². The van der Waals surface area contributed by atoms with Gasteiger partial charge in [0.1, 0.15) is 6.07 Å². The number of hydrogen-bond donors (Lipinski definition) is 0. The molecule has 2 heterocycles. The summed E-state index contributed by atoms with van der Waals surface area (Å²) in [7, 11) is 0. The number of esters is 1. The van der Waals surface area contributed by atoms with E-state index in [9.17, 15) is 4.79 Å². The zero-order valence-corrected chi connectivity index (χ0v) is 7.88. The fourth-order valence-corrected chi connectivity index (χ4v) is 1.35. The van der Waals surface area contributed by atoms with Crippen molar-refractivity contribution in [1.29, 1.82) is 5.26 Å². The first-order chi connectivity index (χ1) is 7.31. The number of pyridine rings is 1. The lowest BCUT2D eigenvalue weighted by Gasteiger charge is -1.94. The van der Waals surface area contributed by atoms with Crippen LogP contribution in [0.15, 0.2) is 36.7 Å². The van der Waals surface area contributed by atoms with Crippen molar-refractivity contribution in [3.05, 3.63) is 42.2 Å². The molecular weight excluding hydrogens is 192 g/mol. The minimum atomic E-state index is -0.472. The number of nitrogens with zero attached hydrogens (tertiary/aromatic N) is 2. The highest BCUT2D eigenvalue weighted by molar-refractivity contribution is 5.91. The number of rotatable bonds is 2. The van der Waals surface area contributed by atoms with E-state index in [0.29, 0.717) is 5.56 Å². The Morgan fingerprint density at radius 3 is 3.13 bits per heavy atom. The van der Waals surface area contributed by atoms with Gasteiger partial charge >= 0.3 is 5.97 Å². The lowest BCUT2D eigenvalue weighted by molar-refractivity contribution is 0.0555. The Hall–Kier alpha value is -2.28. The van der Waals surface area contributed by atoms with Crippen LogP contribution in [-0.4, -0.2) is 17.0 Å². The minimum absolute atomic E-state index is 0.217. The van der Waals surface area contributed by atoms with Gasteiger partial charge in [0.15, 0.2) is 6.61 Å². The van der Waals surface area contributed by atoms with Crippen LogP contribution in [-0.2, 0) is 4.74 Å². The average Bonchev–Trinajstić information content (AvgIpc) is 2.69. The van der Waals surface area contributed by atoms with Gasteiger partial charge in [0.25, 0.3) is 0 Å². The van der Waals surface area contributed by atoms with E-state index in [1.165, 1.54) is 0 Å². The lowest BCUT2D eigenvalue weighted by Crippen LogP contribution is -2.03. The van der Waals surface area contributed by atoms with Gasteiger partial charge in [-0.25, -0.2) is 4.79 Å². The number of aromatic nitrogens is 1. The quantitative estimate of drug-likeness (QED) is 0.692. The van der Waals surface area contributed by atoms with Crippen LogP contribution in [0.1, 0.15) is 10.4 Å². The summed E-state index contributed by atoms with van der Waals surface area (Å²) in [6, 6.07) is 9.13. The minimum Gasteiger partial charge on any atom is -0.447 e. The van der Waals surface area contributed by atoms with Crippen molar-refractivity contribution in [3.63, 3.8) is 0 Å². The average molecular weight is 200 g/mol. The molecule has 0 aliphatic rings. The molecule has 0 atom stereocenters. The highest BCUT2D eigenvalue weighted by Gasteiger charge is 2.09. The van der Waals surface area contributed by atoms with Crippen LogP contribution in [0, 0.1) is 11.3 Å². The SMILES string of the molecule is N#CCOC(=O)c1cc2ccccn2c1. The van der Waals surface area contributed by atoms with Crippen LogP contribution in [0.2, 0.25) is 0 Å². The molecule has 4 heteroatoms. The Morgan fingerprint density at radius 2 is 2.40 bits per heavy atom. The highest BCUT2D eigenvalue weighted by Crippen LogP contribution is 2.10. The molecule has 0 radical (unpaired) electrons. The standard InChI is InChI=1S/C11H8N2O2/c12-4-6-15-11(14)9-7-10-3-1-2-5-13(10)8-9/h1-3,5,7-8H,6H2. The van der Waals surface area contributed by atoms with E-state index < -0.39 is 5.97 Å². The zero-order chi connectivity index (χ0) is 10.7. The second-order valence-corrected chi connectivity index (χ2v) is 3.00. The monoisotopic (exact) mass is 200 g/mol. The van der Waals surface area contributed by atoms with Crippen molar-refractivity contribution < 1.29 is 9.53 Å². The second kappa shape index (κ2) is 3.84. The molecule has 15 heavy (non-hydrogen) atoms. The first-order valence-corrected chi connectivity index (χ1v) is 4.42. The molecule has 0 aliphatic carbocycles. The summed E-state index contributed by atoms with van der Waals surface area (Å²) in [6.07, 6.45) is 3.52. The second-order valence-electron chi connectivity index (χ2n) is 3.00. The van der Waals surface area contributed by atoms with Gasteiger partial charge in [-0.3, -0.25) is 0 Å². The molecular formula is C11H8N2O2. The first kappa shape index (κ1) is 9.28. The molecule has 0 N–H and O–H groups in total. The number of fused-ring (bicyclic) bond motifs is 1. The predicted molar refractivity (Wildman–Crippen MR) is 53.3 cm³/mol. The lowest BCUT2D eigenvalue weighted by atomic mass is 10.3. The molecule has 0 saturated carbocycles. The Balaban J connectivity index is 2.29. The summed E-state index contributed by atoms with van der Waals surface area (Å²) in [6.45, 7) is -0.217. The third-order valence-electron chi connectivity index (χ3n) is 2.01. The maximum Gasteiger partial charge on any atom is 0.340 e. The number of nitriles is 1. The van der Waals surface area contributed by atoms with E-state index in [1.807, 2.05) is 28.8 Å². The van der Waals surface area contributed by atoms with Crippen LogP contribution in [0.3, 0.4) is 0 Å². The van der Waals surface area contributed by atoms with E-state index in [4.69, 9.17) is 10.00 Å². The van der Waals surface area contributed by atoms with Gasteiger partial charge in [-0.1, -0.05) is 6.07 Å². The molecule has 0 amide bonds. The van der Waals surface area contributed by atoms with Crippen molar-refractivity contribution in [2.75, 3.05) is 6.61 Å². The molecule has 2 aromatic heterocycles. The molecule has 0 saturated heterocycles. The molecule has 2 rings (SSSR count). The molecule has 0 aromatic carbocycles. The maximum atomic E-state index is 11.4. The molecule has 0 fully saturated rings. The third-order valence-corrected chi connectivity index (χ3v) is 2.01. The van der Waals surface area contributed by atoms with Crippen molar-refractivity contribution in [2.24, 2.45) is 0 Å². The van der Waals surface area contributed by atoms with Gasteiger partial charge in [0.2, 0.25) is 0 Å². The van der Waals surface area contributed by atoms with Gasteiger partial charge in [-0.15, -0.1) is 0 Å². The van der Waals surface area contributed by atoms with Gasteiger partial charge in [-0.2, -0.15) is 5.26 Å². The number of hydrogen-bond acceptors (Lipinski definition) is 3. The first-order valence-electron chi connectivity index (χ1n) is 4.42. The summed E-state index contributed by atoms with van der Waals surface area (Å²) in [5, 5.41) is 8.27. The van der Waals surface area contributed by atoms with Crippen LogP contribution in [0.25, 0.3) is 5.52 Å². The van der Waals surface area contributed by atoms with Crippen molar-refractivity contribution >= 4 is 11.5 Å². The summed E-state index contributed by atoms with van der Waals surface area (Å²) < 4.78 is 6.52. The van der Waals surface area contributed by atoms with Crippen LogP contribution in [0.4, 0.5) is 0 Å². The largest absolute Gasteiger partial charge is 0.447 e. The van der Waals surface area contributed by atoms with Gasteiger partial charge in [0, 0.05) is 17.9 Å². The summed E-state index contributed by atoms with van der Waals surface area (Å²) in [5.41, 5.74) is 1.37. The Kier molecular flexibility index (Phi) is 2.38. The smallest absolute Gasteiger partial charge is 0.340 e. The van der Waals surface area contributed by atoms with E-state index in [2.05, 4.69) is 0 Å². The third kappa shape index (κ3) is 1.81. The zero-order valence-electron chi connectivity index (χ0n) is 7.88. The van der Waals surface area contributed by atoms with E-state index in [-0.39, 0.29) is 6.61 Å². The van der Waals surface area contributed by atoms with Crippen molar-refractivity contribution in [1.82, 2.24) is 4.40 Å². The molecule has 2 aromatic rings. The van der Waals surface area contributed by atoms with E-state index in [1.54, 1.807) is 18.3 Å². The molecule has 0 spiro atoms. The fraction of sp³-hybridized carbons (Fsp3) is 0.0909. The summed E-state index contributed by atoms with van der Waals surface area (Å²) in [5.74, 6) is -0.472. The van der Waals surface area contributed by atoms with E-state index >= 15 is 0 Å². The summed E-state index contributed by atoms with van der Waals surface area (Å²) >= 11 is 0. The fourth-order valence-electron chi connectivity index (χ4n) is 1.35. The van der Waals surface area contributed by atoms with Crippen LogP contribution < -0.4 is 0 Å². The molecule has 0 unspecified atom stereocenters. The number of carbonyl (C=O) groups excluding carboxylic acids is 1. The van der Waals surface area contributed by atoms with Crippen LogP contribution in [0.5, 0.6) is 0 Å². The predicted octanol–water partition coefficient (Wildman–Crippen LogP) is 1.62. The number of carbonyl (C=O) groups is 1. The van der Waals surface area contributed by atoms with Gasteiger partial charge < -0.3 is 9.14 Å². The van der Waals surface area contributed by atoms with Crippen LogP contribution >= 0.6 is 0 Å².